The maximum atomic E-state index is 12.5. The summed E-state index contributed by atoms with van der Waals surface area (Å²) < 4.78 is 3.25. The topological polar surface area (TPSA) is 78.1 Å². The van der Waals surface area contributed by atoms with Crippen molar-refractivity contribution in [2.45, 2.75) is 13.8 Å². The third-order valence-electron chi connectivity index (χ3n) is 4.35. The molecular weight excluding hydrogens is 465 g/mol. The maximum Gasteiger partial charge on any atom is 0.266 e. The van der Waals surface area contributed by atoms with E-state index in [2.05, 4.69) is 32.5 Å². The molecule has 0 fully saturated rings. The monoisotopic (exact) mass is 483 g/mol. The minimum absolute atomic E-state index is 0.0101. The number of carbonyl (C=O) groups excluding carboxylic acids is 1. The van der Waals surface area contributed by atoms with Crippen LogP contribution in [0.5, 0.6) is 5.75 Å². The lowest BCUT2D eigenvalue weighted by molar-refractivity contribution is -0.112. The molecule has 1 heterocycles. The summed E-state index contributed by atoms with van der Waals surface area (Å²) in [7, 11) is 0. The van der Waals surface area contributed by atoms with Gasteiger partial charge in [0, 0.05) is 26.3 Å². The van der Waals surface area contributed by atoms with Gasteiger partial charge in [-0.05, 0) is 103 Å². The fourth-order valence-corrected chi connectivity index (χ4v) is 3.33. The number of hydrogen-bond donors (Lipinski definition) is 2. The molecule has 6 heteroatoms. The van der Waals surface area contributed by atoms with Gasteiger partial charge >= 0.3 is 0 Å². The summed E-state index contributed by atoms with van der Waals surface area (Å²) >= 11 is 2.26. The van der Waals surface area contributed by atoms with Crippen molar-refractivity contribution in [1.29, 1.82) is 5.26 Å². The Balaban J connectivity index is 1.91. The van der Waals surface area contributed by atoms with Crippen molar-refractivity contribution in [2.75, 3.05) is 5.32 Å². The van der Waals surface area contributed by atoms with E-state index in [0.717, 1.165) is 26.2 Å². The first-order valence-electron chi connectivity index (χ1n) is 8.56. The fraction of sp³-hybridized carbons (Fsp3) is 0.0909. The first kappa shape index (κ1) is 19.7. The number of aromatic hydroxyl groups is 1. The molecule has 3 rings (SSSR count). The highest BCUT2D eigenvalue weighted by Crippen LogP contribution is 2.24. The van der Waals surface area contributed by atoms with Crippen LogP contribution >= 0.6 is 22.6 Å². The van der Waals surface area contributed by atoms with E-state index in [-0.39, 0.29) is 11.3 Å². The summed E-state index contributed by atoms with van der Waals surface area (Å²) in [5.41, 5.74) is 4.32. The lowest BCUT2D eigenvalue weighted by atomic mass is 10.1. The fourth-order valence-electron chi connectivity index (χ4n) is 2.97. The molecule has 0 bridgehead atoms. The van der Waals surface area contributed by atoms with Gasteiger partial charge in [0.1, 0.15) is 17.4 Å². The molecule has 28 heavy (non-hydrogen) atoms. The van der Waals surface area contributed by atoms with Crippen LogP contribution < -0.4 is 5.32 Å². The number of carbonyl (C=O) groups is 1. The number of phenols is 1. The van der Waals surface area contributed by atoms with Crippen molar-refractivity contribution in [3.05, 3.63) is 80.7 Å². The quantitative estimate of drug-likeness (QED) is 0.239. The summed E-state index contributed by atoms with van der Waals surface area (Å²) in [4.78, 5) is 12.5. The SMILES string of the molecule is Cc1cc(/C=C(\C#N)C(=O)Nc2ccc(O)cc2)c(C)n1-c1ccc(I)cc1. The number of nitrogens with zero attached hydrogens (tertiary/aromatic N) is 2. The summed E-state index contributed by atoms with van der Waals surface area (Å²) in [6.45, 7) is 3.95. The van der Waals surface area contributed by atoms with E-state index in [0.29, 0.717) is 5.69 Å². The highest BCUT2D eigenvalue weighted by molar-refractivity contribution is 14.1. The van der Waals surface area contributed by atoms with Crippen LogP contribution in [-0.2, 0) is 4.79 Å². The minimum atomic E-state index is -0.493. The van der Waals surface area contributed by atoms with E-state index in [4.69, 9.17) is 0 Å². The highest BCUT2D eigenvalue weighted by atomic mass is 127. The molecule has 1 aromatic heterocycles. The standard InChI is InChI=1S/C22H18IN3O2/c1-14-11-16(15(2)26(14)20-7-3-18(23)4-8-20)12-17(13-24)22(28)25-19-5-9-21(27)10-6-19/h3-12,27H,1-2H3,(H,25,28)/b17-12+. The van der Waals surface area contributed by atoms with E-state index in [9.17, 15) is 15.2 Å². The molecule has 0 radical (unpaired) electrons. The largest absolute Gasteiger partial charge is 0.508 e. The first-order chi connectivity index (χ1) is 13.4. The van der Waals surface area contributed by atoms with Crippen molar-refractivity contribution in [3.63, 3.8) is 0 Å². The highest BCUT2D eigenvalue weighted by Gasteiger charge is 2.14. The molecule has 0 saturated carbocycles. The summed E-state index contributed by atoms with van der Waals surface area (Å²) in [5, 5.41) is 21.5. The van der Waals surface area contributed by atoms with Crippen molar-refractivity contribution < 1.29 is 9.90 Å². The Hall–Kier alpha value is -3.05. The molecule has 3 aromatic rings. The maximum absolute atomic E-state index is 12.5. The van der Waals surface area contributed by atoms with E-state index < -0.39 is 5.91 Å². The van der Waals surface area contributed by atoms with Crippen LogP contribution in [0.25, 0.3) is 11.8 Å². The van der Waals surface area contributed by atoms with Gasteiger partial charge in [0.2, 0.25) is 0 Å². The molecule has 5 nitrogen and oxygen atoms in total. The number of benzene rings is 2. The second-order valence-electron chi connectivity index (χ2n) is 6.31. The van der Waals surface area contributed by atoms with Crippen LogP contribution in [0.2, 0.25) is 0 Å². The van der Waals surface area contributed by atoms with Gasteiger partial charge in [0.05, 0.1) is 0 Å². The Morgan fingerprint density at radius 2 is 1.79 bits per heavy atom. The average molecular weight is 483 g/mol. The van der Waals surface area contributed by atoms with E-state index >= 15 is 0 Å². The summed E-state index contributed by atoms with van der Waals surface area (Å²) in [5.74, 6) is -0.385. The van der Waals surface area contributed by atoms with Gasteiger partial charge in [-0.15, -0.1) is 0 Å². The number of aromatic nitrogens is 1. The minimum Gasteiger partial charge on any atom is -0.508 e. The summed E-state index contributed by atoms with van der Waals surface area (Å²) in [6.07, 6.45) is 1.60. The van der Waals surface area contributed by atoms with E-state index in [1.807, 2.05) is 50.2 Å². The number of nitriles is 1. The van der Waals surface area contributed by atoms with Crippen LogP contribution in [0, 0.1) is 28.7 Å². The van der Waals surface area contributed by atoms with Gasteiger partial charge in [-0.1, -0.05) is 0 Å². The van der Waals surface area contributed by atoms with Crippen LogP contribution in [0.15, 0.2) is 60.2 Å². The smallest absolute Gasteiger partial charge is 0.266 e. The molecule has 2 aromatic carbocycles. The van der Waals surface area contributed by atoms with Gasteiger partial charge in [-0.3, -0.25) is 4.79 Å². The van der Waals surface area contributed by atoms with Crippen LogP contribution in [0.4, 0.5) is 5.69 Å². The molecule has 140 valence electrons. The molecule has 1 amide bonds. The Morgan fingerprint density at radius 3 is 2.39 bits per heavy atom. The summed E-state index contributed by atoms with van der Waals surface area (Å²) in [6, 6.07) is 18.2. The Kier molecular flexibility index (Phi) is 5.85. The van der Waals surface area contributed by atoms with E-state index in [1.165, 1.54) is 12.1 Å². The zero-order valence-corrected chi connectivity index (χ0v) is 17.6. The number of aryl methyl sites for hydroxylation is 1. The average Bonchev–Trinajstić information content (AvgIpc) is 2.95. The lowest BCUT2D eigenvalue weighted by Gasteiger charge is -2.10. The number of nitrogens with one attached hydrogen (secondary N) is 1. The molecule has 0 atom stereocenters. The van der Waals surface area contributed by atoms with Crippen molar-refractivity contribution in [3.8, 4) is 17.5 Å². The van der Waals surface area contributed by atoms with Gasteiger partial charge in [-0.25, -0.2) is 0 Å². The molecule has 0 unspecified atom stereocenters. The Labute approximate surface area is 177 Å². The zero-order valence-electron chi connectivity index (χ0n) is 15.4. The van der Waals surface area contributed by atoms with Gasteiger partial charge in [-0.2, -0.15) is 5.26 Å². The number of hydrogen-bond acceptors (Lipinski definition) is 3. The number of phenolic OH excluding ortho intramolecular Hbond substituents is 1. The van der Waals surface area contributed by atoms with Crippen LogP contribution in [0.1, 0.15) is 17.0 Å². The molecule has 0 spiro atoms. The number of anilines is 1. The predicted octanol–water partition coefficient (Wildman–Crippen LogP) is 4.95. The Morgan fingerprint density at radius 1 is 1.14 bits per heavy atom. The lowest BCUT2D eigenvalue weighted by Crippen LogP contribution is -2.13. The third kappa shape index (κ3) is 4.26. The van der Waals surface area contributed by atoms with Crippen LogP contribution in [-0.4, -0.2) is 15.6 Å². The number of halogens is 1. The number of amides is 1. The van der Waals surface area contributed by atoms with Gasteiger partial charge < -0.3 is 15.0 Å². The van der Waals surface area contributed by atoms with E-state index in [1.54, 1.807) is 18.2 Å². The predicted molar refractivity (Wildman–Crippen MR) is 118 cm³/mol. The van der Waals surface area contributed by atoms with Crippen molar-refractivity contribution >= 4 is 40.3 Å². The zero-order chi connectivity index (χ0) is 20.3. The Bertz CT molecular complexity index is 1090. The molecular formula is C22H18IN3O2. The third-order valence-corrected chi connectivity index (χ3v) is 5.06. The molecule has 0 aliphatic rings. The van der Waals surface area contributed by atoms with Gasteiger partial charge in [0.25, 0.3) is 5.91 Å². The normalized spacial score (nSPS) is 11.1. The molecule has 0 aliphatic carbocycles. The number of rotatable bonds is 4. The molecule has 0 aliphatic heterocycles. The van der Waals surface area contributed by atoms with Gasteiger partial charge in [0.15, 0.2) is 0 Å². The van der Waals surface area contributed by atoms with Crippen molar-refractivity contribution in [2.24, 2.45) is 0 Å². The first-order valence-corrected chi connectivity index (χ1v) is 9.64. The van der Waals surface area contributed by atoms with Crippen molar-refractivity contribution in [1.82, 2.24) is 4.57 Å². The van der Waals surface area contributed by atoms with Crippen LogP contribution in [0.3, 0.4) is 0 Å². The molecule has 2 N–H and O–H groups in total. The second-order valence-corrected chi connectivity index (χ2v) is 7.55. The molecule has 0 saturated heterocycles. The second kappa shape index (κ2) is 8.31.